The highest BCUT2D eigenvalue weighted by atomic mass is 16.3. The Morgan fingerprint density at radius 3 is 2.78 bits per heavy atom. The highest BCUT2D eigenvalue weighted by Crippen LogP contribution is 2.21. The lowest BCUT2D eigenvalue weighted by molar-refractivity contribution is 0.251. The van der Waals surface area contributed by atoms with E-state index in [-0.39, 0.29) is 0 Å². The largest absolute Gasteiger partial charge is 0.507 e. The molecule has 0 saturated carbocycles. The molecule has 2 rings (SSSR count). The summed E-state index contributed by atoms with van der Waals surface area (Å²) in [5.74, 6) is 0.429. The van der Waals surface area contributed by atoms with E-state index in [0.717, 1.165) is 24.2 Å². The van der Waals surface area contributed by atoms with E-state index < -0.39 is 0 Å². The molecule has 0 bridgehead atoms. The lowest BCUT2D eigenvalue weighted by Gasteiger charge is -2.24. The van der Waals surface area contributed by atoms with E-state index in [9.17, 15) is 5.11 Å². The molecule has 100 valence electrons. The molecule has 1 aliphatic rings. The van der Waals surface area contributed by atoms with Crippen LogP contribution in [0.2, 0.25) is 0 Å². The van der Waals surface area contributed by atoms with Crippen molar-refractivity contribution in [2.24, 2.45) is 0 Å². The third kappa shape index (κ3) is 3.24. The Balaban J connectivity index is 1.79. The molecule has 1 aliphatic heterocycles. The van der Waals surface area contributed by atoms with Crippen LogP contribution in [-0.4, -0.2) is 35.7 Å². The number of nitrogens with one attached hydrogen (secondary N) is 1. The highest BCUT2D eigenvalue weighted by molar-refractivity contribution is 5.39. The van der Waals surface area contributed by atoms with Crippen molar-refractivity contribution in [3.05, 3.63) is 29.3 Å². The Kier molecular flexibility index (Phi) is 4.61. The van der Waals surface area contributed by atoms with Crippen LogP contribution in [0.25, 0.3) is 0 Å². The lowest BCUT2D eigenvalue weighted by atomic mass is 10.1. The van der Waals surface area contributed by atoms with E-state index in [1.165, 1.54) is 25.9 Å². The number of rotatable bonds is 5. The maximum Gasteiger partial charge on any atom is 0.122 e. The fourth-order valence-electron chi connectivity index (χ4n) is 2.59. The summed E-state index contributed by atoms with van der Waals surface area (Å²) in [5.41, 5.74) is 1.94. The van der Waals surface area contributed by atoms with Gasteiger partial charge >= 0.3 is 0 Å². The summed E-state index contributed by atoms with van der Waals surface area (Å²) in [6.07, 6.45) is 2.67. The maximum atomic E-state index is 9.92. The number of phenols is 1. The molecule has 0 radical (unpaired) electrons. The van der Waals surface area contributed by atoms with Crippen molar-refractivity contribution < 1.29 is 5.11 Å². The van der Waals surface area contributed by atoms with Crippen LogP contribution in [0, 0.1) is 6.92 Å². The van der Waals surface area contributed by atoms with Gasteiger partial charge in [0.2, 0.25) is 0 Å². The number of nitrogens with zero attached hydrogens (tertiary/aromatic N) is 1. The minimum absolute atomic E-state index is 0.429. The SMILES string of the molecule is Cc1cccc(CNCC(C)N2CCCC2)c1O. The van der Waals surface area contributed by atoms with Crippen molar-refractivity contribution >= 4 is 0 Å². The number of hydrogen-bond acceptors (Lipinski definition) is 3. The third-order valence-corrected chi connectivity index (χ3v) is 3.84. The van der Waals surface area contributed by atoms with Crippen LogP contribution in [0.1, 0.15) is 30.9 Å². The normalized spacial score (nSPS) is 18.1. The summed E-state index contributed by atoms with van der Waals surface area (Å²) in [4.78, 5) is 2.53. The van der Waals surface area contributed by atoms with Gasteiger partial charge in [-0.3, -0.25) is 4.90 Å². The molecule has 3 nitrogen and oxygen atoms in total. The van der Waals surface area contributed by atoms with Crippen LogP contribution >= 0.6 is 0 Å². The average Bonchev–Trinajstić information content (AvgIpc) is 2.88. The van der Waals surface area contributed by atoms with Gasteiger partial charge in [-0.15, -0.1) is 0 Å². The van der Waals surface area contributed by atoms with Gasteiger partial charge in [-0.1, -0.05) is 18.2 Å². The van der Waals surface area contributed by atoms with Gasteiger partial charge in [-0.05, 0) is 45.3 Å². The predicted molar refractivity (Wildman–Crippen MR) is 74.8 cm³/mol. The Morgan fingerprint density at radius 1 is 1.33 bits per heavy atom. The summed E-state index contributed by atoms with van der Waals surface area (Å²) in [5, 5.41) is 13.4. The molecule has 1 aromatic rings. The molecule has 3 heteroatoms. The van der Waals surface area contributed by atoms with E-state index in [0.29, 0.717) is 11.8 Å². The standard InChI is InChI=1S/C15H24N2O/c1-12-6-5-7-14(15(12)18)11-16-10-13(2)17-8-3-4-9-17/h5-7,13,16,18H,3-4,8-11H2,1-2H3. The van der Waals surface area contributed by atoms with Crippen LogP contribution in [0.5, 0.6) is 5.75 Å². The molecule has 0 aliphatic carbocycles. The first-order chi connectivity index (χ1) is 8.68. The second-order valence-electron chi connectivity index (χ2n) is 5.31. The monoisotopic (exact) mass is 248 g/mol. The fraction of sp³-hybridized carbons (Fsp3) is 0.600. The minimum Gasteiger partial charge on any atom is -0.507 e. The van der Waals surface area contributed by atoms with Crippen LogP contribution in [0.15, 0.2) is 18.2 Å². The van der Waals surface area contributed by atoms with Gasteiger partial charge in [0.15, 0.2) is 0 Å². The van der Waals surface area contributed by atoms with Gasteiger partial charge in [0.25, 0.3) is 0 Å². The number of benzene rings is 1. The zero-order valence-electron chi connectivity index (χ0n) is 11.4. The Hall–Kier alpha value is -1.06. The smallest absolute Gasteiger partial charge is 0.122 e. The van der Waals surface area contributed by atoms with Crippen LogP contribution < -0.4 is 5.32 Å². The molecule has 1 saturated heterocycles. The highest BCUT2D eigenvalue weighted by Gasteiger charge is 2.17. The molecular formula is C15H24N2O. The van der Waals surface area contributed by atoms with Gasteiger partial charge < -0.3 is 10.4 Å². The Labute approximate surface area is 110 Å². The molecule has 2 N–H and O–H groups in total. The van der Waals surface area contributed by atoms with E-state index in [1.54, 1.807) is 0 Å². The van der Waals surface area contributed by atoms with E-state index in [1.807, 2.05) is 25.1 Å². The molecule has 1 heterocycles. The van der Waals surface area contributed by atoms with Crippen LogP contribution in [0.4, 0.5) is 0 Å². The molecule has 0 spiro atoms. The lowest BCUT2D eigenvalue weighted by Crippen LogP contribution is -2.38. The Morgan fingerprint density at radius 2 is 2.06 bits per heavy atom. The maximum absolute atomic E-state index is 9.92. The van der Waals surface area contributed by atoms with Gasteiger partial charge in [-0.25, -0.2) is 0 Å². The number of aromatic hydroxyl groups is 1. The summed E-state index contributed by atoms with van der Waals surface area (Å²) in [6, 6.07) is 6.50. The van der Waals surface area contributed by atoms with Gasteiger partial charge in [0.05, 0.1) is 0 Å². The summed E-state index contributed by atoms with van der Waals surface area (Å²) >= 11 is 0. The number of hydrogen-bond donors (Lipinski definition) is 2. The zero-order chi connectivity index (χ0) is 13.0. The third-order valence-electron chi connectivity index (χ3n) is 3.84. The number of para-hydroxylation sites is 1. The zero-order valence-corrected chi connectivity index (χ0v) is 11.4. The van der Waals surface area contributed by atoms with Gasteiger partial charge in [0, 0.05) is 24.7 Å². The molecule has 1 unspecified atom stereocenters. The molecule has 1 aromatic carbocycles. The average molecular weight is 248 g/mol. The van der Waals surface area contributed by atoms with Crippen molar-refractivity contribution in [2.45, 2.75) is 39.3 Å². The van der Waals surface area contributed by atoms with Gasteiger partial charge in [-0.2, -0.15) is 0 Å². The van der Waals surface area contributed by atoms with Gasteiger partial charge in [0.1, 0.15) is 5.75 Å². The molecular weight excluding hydrogens is 224 g/mol. The molecule has 0 amide bonds. The molecule has 18 heavy (non-hydrogen) atoms. The van der Waals surface area contributed by atoms with Crippen LogP contribution in [-0.2, 0) is 6.54 Å². The summed E-state index contributed by atoms with van der Waals surface area (Å²) in [6.45, 7) is 8.40. The molecule has 1 atom stereocenters. The van der Waals surface area contributed by atoms with Crippen molar-refractivity contribution in [3.8, 4) is 5.75 Å². The van der Waals surface area contributed by atoms with E-state index in [4.69, 9.17) is 0 Å². The first-order valence-electron chi connectivity index (χ1n) is 6.90. The van der Waals surface area contributed by atoms with Crippen molar-refractivity contribution in [3.63, 3.8) is 0 Å². The van der Waals surface area contributed by atoms with Crippen molar-refractivity contribution in [1.29, 1.82) is 0 Å². The summed E-state index contributed by atoms with van der Waals surface area (Å²) in [7, 11) is 0. The second-order valence-corrected chi connectivity index (χ2v) is 5.31. The molecule has 1 fully saturated rings. The Bertz CT molecular complexity index is 386. The predicted octanol–water partition coefficient (Wildman–Crippen LogP) is 2.27. The van der Waals surface area contributed by atoms with E-state index in [2.05, 4.69) is 17.1 Å². The van der Waals surface area contributed by atoms with Crippen molar-refractivity contribution in [2.75, 3.05) is 19.6 Å². The van der Waals surface area contributed by atoms with Crippen molar-refractivity contribution in [1.82, 2.24) is 10.2 Å². The molecule has 0 aromatic heterocycles. The topological polar surface area (TPSA) is 35.5 Å². The second kappa shape index (κ2) is 6.21. The number of phenolic OH excluding ortho intramolecular Hbond substituents is 1. The summed E-state index contributed by atoms with van der Waals surface area (Å²) < 4.78 is 0. The van der Waals surface area contributed by atoms with Crippen LogP contribution in [0.3, 0.4) is 0 Å². The number of aryl methyl sites for hydroxylation is 1. The fourth-order valence-corrected chi connectivity index (χ4v) is 2.59. The minimum atomic E-state index is 0.429. The quantitative estimate of drug-likeness (QED) is 0.839. The van der Waals surface area contributed by atoms with E-state index >= 15 is 0 Å². The first kappa shape index (κ1) is 13.4. The number of likely N-dealkylation sites (tertiary alicyclic amines) is 1. The first-order valence-corrected chi connectivity index (χ1v) is 6.90.